The zero-order valence-electron chi connectivity index (χ0n) is 10.3. The number of anilines is 1. The lowest BCUT2D eigenvalue weighted by Crippen LogP contribution is -2.46. The van der Waals surface area contributed by atoms with Crippen LogP contribution in [0.2, 0.25) is 0 Å². The van der Waals surface area contributed by atoms with Crippen LogP contribution >= 0.6 is 0 Å². The average molecular weight is 252 g/mol. The molecule has 0 saturated carbocycles. The maximum absolute atomic E-state index is 13.4. The van der Waals surface area contributed by atoms with Gasteiger partial charge in [-0.05, 0) is 56.7 Å². The van der Waals surface area contributed by atoms with E-state index in [1.54, 1.807) is 0 Å². The Bertz CT molecular complexity index is 468. The standard InChI is InChI=1S/C13H17FN2O2/c1-16-6-4-13(5-7-16,12(17)18)10-8-9(14)2-3-11(10)15/h2-3,8H,4-7,15H2,1H3,(H,17,18). The third kappa shape index (κ3) is 2.06. The maximum atomic E-state index is 13.4. The van der Waals surface area contributed by atoms with Gasteiger partial charge in [0.2, 0.25) is 0 Å². The van der Waals surface area contributed by atoms with Gasteiger partial charge < -0.3 is 15.7 Å². The van der Waals surface area contributed by atoms with Crippen molar-refractivity contribution in [3.63, 3.8) is 0 Å². The Morgan fingerprint density at radius 3 is 2.61 bits per heavy atom. The normalized spacial score (nSPS) is 19.7. The maximum Gasteiger partial charge on any atom is 0.314 e. The fraction of sp³-hybridized carbons (Fsp3) is 0.462. The van der Waals surface area contributed by atoms with Gasteiger partial charge in [0.05, 0.1) is 5.41 Å². The topological polar surface area (TPSA) is 66.6 Å². The van der Waals surface area contributed by atoms with Gasteiger partial charge in [0, 0.05) is 5.69 Å². The lowest BCUT2D eigenvalue weighted by Gasteiger charge is -2.38. The SMILES string of the molecule is CN1CCC(C(=O)O)(c2cc(F)ccc2N)CC1. The molecule has 2 rings (SSSR count). The van der Waals surface area contributed by atoms with E-state index >= 15 is 0 Å². The van der Waals surface area contributed by atoms with Crippen molar-refractivity contribution >= 4 is 11.7 Å². The van der Waals surface area contributed by atoms with Gasteiger partial charge in [-0.25, -0.2) is 4.39 Å². The number of benzene rings is 1. The molecule has 0 unspecified atom stereocenters. The minimum Gasteiger partial charge on any atom is -0.481 e. The summed E-state index contributed by atoms with van der Waals surface area (Å²) >= 11 is 0. The highest BCUT2D eigenvalue weighted by Gasteiger charge is 2.43. The van der Waals surface area contributed by atoms with Crippen LogP contribution in [0.4, 0.5) is 10.1 Å². The molecule has 1 saturated heterocycles. The van der Waals surface area contributed by atoms with Crippen molar-refractivity contribution < 1.29 is 14.3 Å². The van der Waals surface area contributed by atoms with Gasteiger partial charge >= 0.3 is 5.97 Å². The number of aliphatic carboxylic acids is 1. The smallest absolute Gasteiger partial charge is 0.314 e. The molecule has 18 heavy (non-hydrogen) atoms. The van der Waals surface area contributed by atoms with Crippen LogP contribution in [0.25, 0.3) is 0 Å². The summed E-state index contributed by atoms with van der Waals surface area (Å²) in [7, 11) is 1.95. The lowest BCUT2D eigenvalue weighted by molar-refractivity contribution is -0.145. The second-order valence-electron chi connectivity index (χ2n) is 4.92. The van der Waals surface area contributed by atoms with Crippen molar-refractivity contribution in [2.45, 2.75) is 18.3 Å². The summed E-state index contributed by atoms with van der Waals surface area (Å²) in [6, 6.07) is 3.95. The molecule has 0 spiro atoms. The number of carboxylic acids is 1. The molecule has 0 aliphatic carbocycles. The van der Waals surface area contributed by atoms with Crippen LogP contribution < -0.4 is 5.73 Å². The summed E-state index contributed by atoms with van der Waals surface area (Å²) in [5, 5.41) is 9.55. The quantitative estimate of drug-likeness (QED) is 0.782. The van der Waals surface area contributed by atoms with Crippen LogP contribution in [0.3, 0.4) is 0 Å². The minimum absolute atomic E-state index is 0.350. The Morgan fingerprint density at radius 2 is 2.06 bits per heavy atom. The van der Waals surface area contributed by atoms with E-state index in [0.29, 0.717) is 37.2 Å². The predicted molar refractivity (Wildman–Crippen MR) is 66.9 cm³/mol. The molecular formula is C13H17FN2O2. The molecule has 3 N–H and O–H groups in total. The van der Waals surface area contributed by atoms with E-state index in [1.165, 1.54) is 18.2 Å². The van der Waals surface area contributed by atoms with E-state index in [2.05, 4.69) is 4.90 Å². The summed E-state index contributed by atoms with van der Waals surface area (Å²) < 4.78 is 13.4. The predicted octanol–water partition coefficient (Wildman–Crippen LogP) is 1.46. The molecule has 98 valence electrons. The number of piperidine rings is 1. The molecule has 5 heteroatoms. The molecule has 1 aromatic carbocycles. The number of halogens is 1. The first-order chi connectivity index (χ1) is 8.45. The molecule has 0 radical (unpaired) electrons. The zero-order valence-corrected chi connectivity index (χ0v) is 10.3. The van der Waals surface area contributed by atoms with Crippen LogP contribution in [0.1, 0.15) is 18.4 Å². The second kappa shape index (κ2) is 4.57. The molecule has 1 fully saturated rings. The van der Waals surface area contributed by atoms with Crippen LogP contribution in [-0.4, -0.2) is 36.1 Å². The van der Waals surface area contributed by atoms with Crippen LogP contribution in [-0.2, 0) is 10.2 Å². The fourth-order valence-corrected chi connectivity index (χ4v) is 2.54. The molecule has 0 bridgehead atoms. The highest BCUT2D eigenvalue weighted by Crippen LogP contribution is 2.38. The van der Waals surface area contributed by atoms with E-state index in [-0.39, 0.29) is 0 Å². The number of rotatable bonds is 2. The van der Waals surface area contributed by atoms with Crippen molar-refractivity contribution in [2.24, 2.45) is 0 Å². The Hall–Kier alpha value is -1.62. The van der Waals surface area contributed by atoms with Gasteiger partial charge in [0.15, 0.2) is 0 Å². The van der Waals surface area contributed by atoms with Crippen molar-refractivity contribution in [3.8, 4) is 0 Å². The Kier molecular flexibility index (Phi) is 3.26. The number of hydrogen-bond donors (Lipinski definition) is 2. The number of carbonyl (C=O) groups is 1. The Balaban J connectivity index is 2.47. The summed E-state index contributed by atoms with van der Waals surface area (Å²) in [6.45, 7) is 1.34. The zero-order chi connectivity index (χ0) is 13.3. The molecule has 4 nitrogen and oxygen atoms in total. The number of nitrogens with two attached hydrogens (primary N) is 1. The van der Waals surface area contributed by atoms with E-state index in [1.807, 2.05) is 7.05 Å². The molecule has 0 aromatic heterocycles. The van der Waals surface area contributed by atoms with Gasteiger partial charge in [-0.3, -0.25) is 4.79 Å². The van der Waals surface area contributed by atoms with Gasteiger partial charge in [-0.2, -0.15) is 0 Å². The van der Waals surface area contributed by atoms with Crippen LogP contribution in [0, 0.1) is 5.82 Å². The fourth-order valence-electron chi connectivity index (χ4n) is 2.54. The largest absolute Gasteiger partial charge is 0.481 e. The summed E-state index contributed by atoms with van der Waals surface area (Å²) in [5.41, 5.74) is 5.53. The average Bonchev–Trinajstić information content (AvgIpc) is 2.33. The second-order valence-corrected chi connectivity index (χ2v) is 4.92. The van der Waals surface area contributed by atoms with Gasteiger partial charge in [-0.1, -0.05) is 0 Å². The lowest BCUT2D eigenvalue weighted by atomic mass is 9.72. The molecule has 1 aliphatic heterocycles. The van der Waals surface area contributed by atoms with Crippen LogP contribution in [0.5, 0.6) is 0 Å². The highest BCUT2D eigenvalue weighted by molar-refractivity contribution is 5.84. The summed E-state index contributed by atoms with van der Waals surface area (Å²) in [4.78, 5) is 13.7. The van der Waals surface area contributed by atoms with Gasteiger partial charge in [-0.15, -0.1) is 0 Å². The van der Waals surface area contributed by atoms with E-state index in [9.17, 15) is 14.3 Å². The van der Waals surface area contributed by atoms with Crippen molar-refractivity contribution in [1.29, 1.82) is 0 Å². The molecular weight excluding hydrogens is 235 g/mol. The number of hydrogen-bond acceptors (Lipinski definition) is 3. The molecule has 1 heterocycles. The molecule has 0 atom stereocenters. The van der Waals surface area contributed by atoms with Crippen LogP contribution in [0.15, 0.2) is 18.2 Å². The van der Waals surface area contributed by atoms with Crippen molar-refractivity contribution in [3.05, 3.63) is 29.6 Å². The van der Waals surface area contributed by atoms with Crippen molar-refractivity contribution in [2.75, 3.05) is 25.9 Å². The minimum atomic E-state index is -1.06. The first kappa shape index (κ1) is 12.8. The van der Waals surface area contributed by atoms with E-state index in [0.717, 1.165) is 0 Å². The number of likely N-dealkylation sites (tertiary alicyclic amines) is 1. The number of nitrogens with zero attached hydrogens (tertiary/aromatic N) is 1. The highest BCUT2D eigenvalue weighted by atomic mass is 19.1. The van der Waals surface area contributed by atoms with E-state index in [4.69, 9.17) is 5.73 Å². The Morgan fingerprint density at radius 1 is 1.44 bits per heavy atom. The third-order valence-corrected chi connectivity index (χ3v) is 3.78. The first-order valence-electron chi connectivity index (χ1n) is 5.93. The monoisotopic (exact) mass is 252 g/mol. The number of nitrogen functional groups attached to an aromatic ring is 1. The van der Waals surface area contributed by atoms with Gasteiger partial charge in [0.25, 0.3) is 0 Å². The summed E-state index contributed by atoms with van der Waals surface area (Å²) in [6.07, 6.45) is 0.902. The van der Waals surface area contributed by atoms with Gasteiger partial charge in [0.1, 0.15) is 5.82 Å². The molecule has 1 aliphatic rings. The molecule has 0 amide bonds. The first-order valence-corrected chi connectivity index (χ1v) is 5.93. The Labute approximate surface area is 105 Å². The van der Waals surface area contributed by atoms with E-state index < -0.39 is 17.2 Å². The van der Waals surface area contributed by atoms with Crippen molar-refractivity contribution in [1.82, 2.24) is 4.90 Å². The summed E-state index contributed by atoms with van der Waals surface area (Å²) in [5.74, 6) is -1.37. The number of carboxylic acid groups (broad SMARTS) is 1. The third-order valence-electron chi connectivity index (χ3n) is 3.78. The molecule has 1 aromatic rings.